The molecule has 3 aromatic rings. The highest BCUT2D eigenvalue weighted by molar-refractivity contribution is 5.88. The molecule has 0 saturated carbocycles. The van der Waals surface area contributed by atoms with E-state index in [0.717, 1.165) is 42.8 Å². The van der Waals surface area contributed by atoms with Gasteiger partial charge in [0.15, 0.2) is 0 Å². The van der Waals surface area contributed by atoms with E-state index >= 15 is 0 Å². The third-order valence-electron chi connectivity index (χ3n) is 6.06. The molecule has 29 heavy (non-hydrogen) atoms. The molecule has 6 heteroatoms. The first-order valence-electron chi connectivity index (χ1n) is 10.0. The minimum atomic E-state index is -0.996. The number of benzene rings is 1. The largest absolute Gasteiger partial charge is 0.496 e. The van der Waals surface area contributed by atoms with E-state index in [0.29, 0.717) is 5.92 Å². The fourth-order valence-corrected chi connectivity index (χ4v) is 4.44. The van der Waals surface area contributed by atoms with Crippen LogP contribution in [0.3, 0.4) is 0 Å². The molecule has 1 aliphatic heterocycles. The number of nitrogens with one attached hydrogen (secondary N) is 1. The quantitative estimate of drug-likeness (QED) is 0.665. The molecule has 4 rings (SSSR count). The Balaban J connectivity index is 1.69. The van der Waals surface area contributed by atoms with Crippen molar-refractivity contribution in [3.05, 3.63) is 59.0 Å². The van der Waals surface area contributed by atoms with E-state index in [1.54, 1.807) is 19.4 Å². The fourth-order valence-electron chi connectivity index (χ4n) is 4.44. The Hall–Kier alpha value is -2.86. The van der Waals surface area contributed by atoms with Crippen LogP contribution in [-0.2, 0) is 6.54 Å². The zero-order chi connectivity index (χ0) is 20.5. The lowest BCUT2D eigenvalue weighted by Gasteiger charge is -2.39. The number of hydrogen-bond donors (Lipinski definition) is 2. The molecule has 0 aliphatic carbocycles. The molecule has 0 unspecified atom stereocenters. The maximum atomic E-state index is 11.2. The van der Waals surface area contributed by atoms with Gasteiger partial charge in [0, 0.05) is 41.4 Å². The van der Waals surface area contributed by atoms with E-state index in [-0.39, 0.29) is 11.7 Å². The normalized spacial score (nSPS) is 20.1. The number of hydrogen-bond acceptors (Lipinski definition) is 4. The molecule has 2 aromatic heterocycles. The van der Waals surface area contributed by atoms with Crippen molar-refractivity contribution in [2.45, 2.75) is 39.3 Å². The number of carboxylic acids is 1. The summed E-state index contributed by atoms with van der Waals surface area (Å²) < 4.78 is 5.73. The van der Waals surface area contributed by atoms with Gasteiger partial charge in [-0.05, 0) is 61.6 Å². The van der Waals surface area contributed by atoms with Crippen LogP contribution >= 0.6 is 0 Å². The van der Waals surface area contributed by atoms with Crippen LogP contribution in [0.4, 0.5) is 0 Å². The van der Waals surface area contributed by atoms with Gasteiger partial charge in [0.1, 0.15) is 11.4 Å². The fraction of sp³-hybridized carbons (Fsp3) is 0.391. The third kappa shape index (κ3) is 3.72. The maximum absolute atomic E-state index is 11.2. The van der Waals surface area contributed by atoms with Gasteiger partial charge in [0.05, 0.1) is 7.11 Å². The van der Waals surface area contributed by atoms with Gasteiger partial charge >= 0.3 is 5.97 Å². The number of piperidine rings is 1. The molecule has 6 nitrogen and oxygen atoms in total. The van der Waals surface area contributed by atoms with Crippen LogP contribution in [0.25, 0.3) is 10.9 Å². The summed E-state index contributed by atoms with van der Waals surface area (Å²) in [6.45, 7) is 6.12. The number of carboxylic acid groups (broad SMARTS) is 1. The number of nitrogens with zero attached hydrogens (tertiary/aromatic N) is 2. The second-order valence-electron chi connectivity index (χ2n) is 8.04. The number of aromatic amines is 1. The van der Waals surface area contributed by atoms with Gasteiger partial charge in [-0.1, -0.05) is 13.0 Å². The number of likely N-dealkylation sites (tertiary alicyclic amines) is 1. The number of H-pyrrole nitrogens is 1. The van der Waals surface area contributed by atoms with Crippen molar-refractivity contribution in [1.82, 2.24) is 14.9 Å². The molecule has 2 atom stereocenters. The zero-order valence-electron chi connectivity index (χ0n) is 17.1. The van der Waals surface area contributed by atoms with E-state index in [2.05, 4.69) is 40.8 Å². The molecular formula is C23H27N3O3. The Kier molecular flexibility index (Phi) is 5.28. The molecule has 1 aromatic carbocycles. The number of fused-ring (bicyclic) bond motifs is 1. The number of aromatic nitrogens is 2. The van der Waals surface area contributed by atoms with Gasteiger partial charge in [-0.15, -0.1) is 0 Å². The number of pyridine rings is 1. The summed E-state index contributed by atoms with van der Waals surface area (Å²) in [6.07, 6.45) is 5.86. The highest BCUT2D eigenvalue weighted by atomic mass is 16.5. The van der Waals surface area contributed by atoms with Crippen molar-refractivity contribution in [2.24, 2.45) is 5.92 Å². The van der Waals surface area contributed by atoms with Crippen molar-refractivity contribution in [1.29, 1.82) is 0 Å². The van der Waals surface area contributed by atoms with Gasteiger partial charge in [0.2, 0.25) is 0 Å². The lowest BCUT2D eigenvalue weighted by atomic mass is 9.88. The Morgan fingerprint density at radius 2 is 2.21 bits per heavy atom. The molecule has 0 spiro atoms. The number of aryl methyl sites for hydroxylation is 1. The summed E-state index contributed by atoms with van der Waals surface area (Å²) in [4.78, 5) is 21.1. The van der Waals surface area contributed by atoms with Crippen LogP contribution < -0.4 is 4.74 Å². The SMILES string of the molecule is COc1cc(C)c2[nH]ccc2c1CN1CC[C@@H](C)C[C@H]1c1ccc(C(=O)O)nc1. The Bertz CT molecular complexity index is 1030. The summed E-state index contributed by atoms with van der Waals surface area (Å²) in [5.41, 5.74) is 4.65. The molecular weight excluding hydrogens is 366 g/mol. The van der Waals surface area contributed by atoms with E-state index in [9.17, 15) is 4.79 Å². The number of ether oxygens (including phenoxy) is 1. The second-order valence-corrected chi connectivity index (χ2v) is 8.04. The summed E-state index contributed by atoms with van der Waals surface area (Å²) in [7, 11) is 1.72. The zero-order valence-corrected chi connectivity index (χ0v) is 17.1. The summed E-state index contributed by atoms with van der Waals surface area (Å²) in [5.74, 6) is 0.526. The van der Waals surface area contributed by atoms with Crippen LogP contribution in [0.15, 0.2) is 36.7 Å². The van der Waals surface area contributed by atoms with Crippen molar-refractivity contribution in [3.63, 3.8) is 0 Å². The Morgan fingerprint density at radius 3 is 2.90 bits per heavy atom. The van der Waals surface area contributed by atoms with E-state index in [1.807, 2.05) is 12.3 Å². The van der Waals surface area contributed by atoms with Crippen molar-refractivity contribution < 1.29 is 14.6 Å². The summed E-state index contributed by atoms with van der Waals surface area (Å²) >= 11 is 0. The van der Waals surface area contributed by atoms with Crippen molar-refractivity contribution >= 4 is 16.9 Å². The summed E-state index contributed by atoms with van der Waals surface area (Å²) in [6, 6.07) is 7.93. The predicted octanol–water partition coefficient (Wildman–Crippen LogP) is 4.55. The molecule has 0 amide bonds. The Morgan fingerprint density at radius 1 is 1.38 bits per heavy atom. The van der Waals surface area contributed by atoms with E-state index in [1.165, 1.54) is 16.5 Å². The third-order valence-corrected chi connectivity index (χ3v) is 6.06. The standard InChI is InChI=1S/C23H27N3O3/c1-14-7-9-26(20(10-14)16-4-5-19(23(27)28)25-12-16)13-18-17-6-8-24-22(17)15(2)11-21(18)29-3/h4-6,8,11-12,14,20,24H,7,9-10,13H2,1-3H3,(H,27,28)/t14-,20+/m1/s1. The number of methoxy groups -OCH3 is 1. The van der Waals surface area contributed by atoms with Gasteiger partial charge in [-0.25, -0.2) is 9.78 Å². The molecule has 152 valence electrons. The lowest BCUT2D eigenvalue weighted by molar-refractivity contribution is 0.0690. The average Bonchev–Trinajstić information content (AvgIpc) is 3.21. The summed E-state index contributed by atoms with van der Waals surface area (Å²) in [5, 5.41) is 10.3. The highest BCUT2D eigenvalue weighted by Crippen LogP contribution is 2.38. The lowest BCUT2D eigenvalue weighted by Crippen LogP contribution is -2.36. The van der Waals surface area contributed by atoms with E-state index in [4.69, 9.17) is 9.84 Å². The first-order valence-corrected chi connectivity index (χ1v) is 10.0. The van der Waals surface area contributed by atoms with Crippen LogP contribution in [-0.4, -0.2) is 39.6 Å². The van der Waals surface area contributed by atoms with Crippen molar-refractivity contribution in [3.8, 4) is 5.75 Å². The molecule has 1 fully saturated rings. The van der Waals surface area contributed by atoms with Crippen LogP contribution in [0.1, 0.15) is 53.0 Å². The topological polar surface area (TPSA) is 78.5 Å². The maximum Gasteiger partial charge on any atom is 0.354 e. The number of aromatic carboxylic acids is 1. The first kappa shape index (κ1) is 19.5. The van der Waals surface area contributed by atoms with Crippen LogP contribution in [0, 0.1) is 12.8 Å². The van der Waals surface area contributed by atoms with Crippen molar-refractivity contribution in [2.75, 3.05) is 13.7 Å². The van der Waals surface area contributed by atoms with Gasteiger partial charge < -0.3 is 14.8 Å². The van der Waals surface area contributed by atoms with E-state index < -0.39 is 5.97 Å². The number of carbonyl (C=O) groups is 1. The van der Waals surface area contributed by atoms with Gasteiger partial charge in [-0.2, -0.15) is 0 Å². The molecule has 3 heterocycles. The average molecular weight is 393 g/mol. The molecule has 1 aliphatic rings. The minimum Gasteiger partial charge on any atom is -0.496 e. The predicted molar refractivity (Wildman–Crippen MR) is 112 cm³/mol. The first-order chi connectivity index (χ1) is 14.0. The smallest absolute Gasteiger partial charge is 0.354 e. The molecule has 1 saturated heterocycles. The van der Waals surface area contributed by atoms with Crippen LogP contribution in [0.5, 0.6) is 5.75 Å². The van der Waals surface area contributed by atoms with Gasteiger partial charge in [-0.3, -0.25) is 4.90 Å². The van der Waals surface area contributed by atoms with Crippen LogP contribution in [0.2, 0.25) is 0 Å². The minimum absolute atomic E-state index is 0.0818. The van der Waals surface area contributed by atoms with Gasteiger partial charge in [0.25, 0.3) is 0 Å². The number of rotatable bonds is 5. The second kappa shape index (κ2) is 7.87. The Labute approximate surface area is 170 Å². The highest BCUT2D eigenvalue weighted by Gasteiger charge is 2.29. The molecule has 0 bridgehead atoms. The monoisotopic (exact) mass is 393 g/mol. The molecule has 2 N–H and O–H groups in total. The molecule has 0 radical (unpaired) electrons.